The predicted octanol–water partition coefficient (Wildman–Crippen LogP) is 2.07. The molecule has 2 fully saturated rings. The van der Waals surface area contributed by atoms with Gasteiger partial charge in [0.05, 0.1) is 12.2 Å². The van der Waals surface area contributed by atoms with Crippen LogP contribution in [0.3, 0.4) is 0 Å². The lowest BCUT2D eigenvalue weighted by atomic mass is 10.1. The van der Waals surface area contributed by atoms with Crippen molar-refractivity contribution in [3.8, 4) is 0 Å². The van der Waals surface area contributed by atoms with Gasteiger partial charge in [-0.15, -0.1) is 0 Å². The van der Waals surface area contributed by atoms with Crippen LogP contribution in [-0.4, -0.2) is 53.8 Å². The number of esters is 2. The van der Waals surface area contributed by atoms with Crippen LogP contribution < -0.4 is 5.32 Å². The number of amides is 1. The molecule has 8 heteroatoms. The van der Waals surface area contributed by atoms with Gasteiger partial charge in [-0.2, -0.15) is 0 Å². The topological polar surface area (TPSA) is 94.2 Å². The van der Waals surface area contributed by atoms with E-state index in [9.17, 15) is 14.4 Å². The van der Waals surface area contributed by atoms with Crippen molar-refractivity contribution >= 4 is 23.5 Å². The lowest BCUT2D eigenvalue weighted by Gasteiger charge is -2.35. The molecule has 2 aliphatic rings. The van der Waals surface area contributed by atoms with Crippen LogP contribution in [0, 0.1) is 0 Å². The van der Waals surface area contributed by atoms with Gasteiger partial charge in [0.15, 0.2) is 5.57 Å². The Labute approximate surface area is 163 Å². The van der Waals surface area contributed by atoms with Crippen molar-refractivity contribution in [3.05, 3.63) is 41.6 Å². The summed E-state index contributed by atoms with van der Waals surface area (Å²) in [5, 5.41) is 2.85. The Morgan fingerprint density at radius 3 is 2.14 bits per heavy atom. The van der Waals surface area contributed by atoms with E-state index in [4.69, 9.17) is 14.2 Å². The largest absolute Gasteiger partial charge is 0.419 e. The molecule has 2 unspecified atom stereocenters. The molecular formula is C20H24N2O6. The van der Waals surface area contributed by atoms with Gasteiger partial charge in [0.25, 0.3) is 11.7 Å². The van der Waals surface area contributed by atoms with E-state index in [0.717, 1.165) is 0 Å². The smallest absolute Gasteiger partial charge is 0.350 e. The summed E-state index contributed by atoms with van der Waals surface area (Å²) in [6.07, 6.45) is 1.24. The first-order chi connectivity index (χ1) is 13.1. The highest BCUT2D eigenvalue weighted by Gasteiger charge is 2.39. The summed E-state index contributed by atoms with van der Waals surface area (Å²) in [5.41, 5.74) is 0.937. The van der Waals surface area contributed by atoms with Crippen LogP contribution in [0.25, 0.3) is 0 Å². The number of nitrogens with one attached hydrogen (secondary N) is 1. The molecule has 3 rings (SSSR count). The van der Waals surface area contributed by atoms with E-state index in [0.29, 0.717) is 24.3 Å². The maximum atomic E-state index is 12.7. The van der Waals surface area contributed by atoms with Crippen LogP contribution in [0.2, 0.25) is 0 Å². The van der Waals surface area contributed by atoms with Crippen molar-refractivity contribution < 1.29 is 28.6 Å². The standard InChI is InChI=1S/C20H24N2O6/c1-12-10-22(11-13(2)26-12)17(23)14-5-7-15(8-6-14)21-9-16-18(24)27-20(3,4)28-19(16)25/h5-9,12-13,21H,10-11H2,1-4H3. The van der Waals surface area contributed by atoms with Gasteiger partial charge in [-0.25, -0.2) is 9.59 Å². The Bertz CT molecular complexity index is 782. The minimum Gasteiger partial charge on any atom is -0.419 e. The van der Waals surface area contributed by atoms with Gasteiger partial charge in [-0.05, 0) is 38.1 Å². The molecule has 0 bridgehead atoms. The van der Waals surface area contributed by atoms with Crippen molar-refractivity contribution in [2.75, 3.05) is 18.4 Å². The predicted molar refractivity (Wildman–Crippen MR) is 100 cm³/mol. The first-order valence-electron chi connectivity index (χ1n) is 9.13. The SMILES string of the molecule is CC1CN(C(=O)c2ccc(NC=C3C(=O)OC(C)(C)OC3=O)cc2)CC(C)O1. The van der Waals surface area contributed by atoms with Crippen molar-refractivity contribution in [2.45, 2.75) is 45.7 Å². The average Bonchev–Trinajstić information content (AvgIpc) is 2.59. The van der Waals surface area contributed by atoms with Crippen LogP contribution in [-0.2, 0) is 23.8 Å². The molecule has 150 valence electrons. The zero-order valence-electron chi connectivity index (χ0n) is 16.4. The zero-order chi connectivity index (χ0) is 20.5. The number of carbonyl (C=O) groups is 3. The molecule has 0 spiro atoms. The third-order valence-electron chi connectivity index (χ3n) is 4.34. The Hall–Kier alpha value is -2.87. The van der Waals surface area contributed by atoms with E-state index in [2.05, 4.69) is 5.32 Å². The molecule has 0 radical (unpaired) electrons. The summed E-state index contributed by atoms with van der Waals surface area (Å²) in [5.74, 6) is -2.84. The Morgan fingerprint density at radius 2 is 1.61 bits per heavy atom. The summed E-state index contributed by atoms with van der Waals surface area (Å²) in [6.45, 7) is 7.96. The van der Waals surface area contributed by atoms with Crippen molar-refractivity contribution in [2.24, 2.45) is 0 Å². The Balaban J connectivity index is 1.65. The van der Waals surface area contributed by atoms with E-state index < -0.39 is 17.7 Å². The van der Waals surface area contributed by atoms with Gasteiger partial charge in [-0.3, -0.25) is 4.79 Å². The Kier molecular flexibility index (Phi) is 5.42. The number of carbonyl (C=O) groups excluding carboxylic acids is 3. The normalized spacial score (nSPS) is 24.3. The summed E-state index contributed by atoms with van der Waals surface area (Å²) >= 11 is 0. The number of cyclic esters (lactones) is 2. The summed E-state index contributed by atoms with van der Waals surface area (Å²) in [4.78, 5) is 38.3. The maximum absolute atomic E-state index is 12.7. The summed E-state index contributed by atoms with van der Waals surface area (Å²) in [6, 6.07) is 6.77. The lowest BCUT2D eigenvalue weighted by Crippen LogP contribution is -2.48. The molecule has 1 amide bonds. The van der Waals surface area contributed by atoms with Crippen molar-refractivity contribution in [1.29, 1.82) is 0 Å². The monoisotopic (exact) mass is 388 g/mol. The highest BCUT2D eigenvalue weighted by molar-refractivity contribution is 6.15. The highest BCUT2D eigenvalue weighted by atomic mass is 16.7. The van der Waals surface area contributed by atoms with Crippen LogP contribution in [0.4, 0.5) is 5.69 Å². The van der Waals surface area contributed by atoms with Crippen LogP contribution in [0.15, 0.2) is 36.0 Å². The molecule has 1 N–H and O–H groups in total. The molecule has 8 nitrogen and oxygen atoms in total. The fourth-order valence-electron chi connectivity index (χ4n) is 3.17. The number of benzene rings is 1. The Morgan fingerprint density at radius 1 is 1.07 bits per heavy atom. The molecular weight excluding hydrogens is 364 g/mol. The number of nitrogens with zero attached hydrogens (tertiary/aromatic N) is 1. The van der Waals surface area contributed by atoms with E-state index in [1.807, 2.05) is 13.8 Å². The van der Waals surface area contributed by atoms with Crippen LogP contribution >= 0.6 is 0 Å². The molecule has 1 aromatic carbocycles. The third-order valence-corrected chi connectivity index (χ3v) is 4.34. The molecule has 2 aliphatic heterocycles. The lowest BCUT2D eigenvalue weighted by molar-refractivity contribution is -0.222. The van der Waals surface area contributed by atoms with Gasteiger partial charge in [0.1, 0.15) is 0 Å². The van der Waals surface area contributed by atoms with Gasteiger partial charge >= 0.3 is 11.9 Å². The second-order valence-corrected chi connectivity index (χ2v) is 7.43. The molecule has 2 atom stereocenters. The molecule has 0 aromatic heterocycles. The average molecular weight is 388 g/mol. The summed E-state index contributed by atoms with van der Waals surface area (Å²) in [7, 11) is 0. The number of hydrogen-bond donors (Lipinski definition) is 1. The second kappa shape index (κ2) is 7.63. The van der Waals surface area contributed by atoms with Crippen LogP contribution in [0.1, 0.15) is 38.1 Å². The molecule has 0 aliphatic carbocycles. The number of morpholine rings is 1. The zero-order valence-corrected chi connectivity index (χ0v) is 16.4. The third kappa shape index (κ3) is 4.51. The number of rotatable bonds is 3. The van der Waals surface area contributed by atoms with Crippen molar-refractivity contribution in [3.63, 3.8) is 0 Å². The first kappa shape index (κ1) is 19.9. The fraction of sp³-hybridized carbons (Fsp3) is 0.450. The minimum absolute atomic E-state index is 0.000229. The second-order valence-electron chi connectivity index (χ2n) is 7.43. The van der Waals surface area contributed by atoms with E-state index >= 15 is 0 Å². The molecule has 1 aromatic rings. The first-order valence-corrected chi connectivity index (χ1v) is 9.13. The molecule has 2 heterocycles. The van der Waals surface area contributed by atoms with Gasteiger partial charge in [-0.1, -0.05) is 0 Å². The van der Waals surface area contributed by atoms with E-state index in [1.54, 1.807) is 29.2 Å². The van der Waals surface area contributed by atoms with Gasteiger partial charge < -0.3 is 24.4 Å². The number of anilines is 1. The van der Waals surface area contributed by atoms with Crippen molar-refractivity contribution in [1.82, 2.24) is 4.90 Å². The molecule has 0 saturated carbocycles. The number of hydrogen-bond acceptors (Lipinski definition) is 7. The summed E-state index contributed by atoms with van der Waals surface area (Å²) < 4.78 is 15.7. The van der Waals surface area contributed by atoms with Gasteiger partial charge in [0, 0.05) is 44.4 Å². The maximum Gasteiger partial charge on any atom is 0.350 e. The quantitative estimate of drug-likeness (QED) is 0.481. The molecule has 28 heavy (non-hydrogen) atoms. The highest BCUT2D eigenvalue weighted by Crippen LogP contribution is 2.23. The molecule has 2 saturated heterocycles. The number of ether oxygens (including phenoxy) is 3. The minimum atomic E-state index is -1.28. The van der Waals surface area contributed by atoms with Gasteiger partial charge in [0.2, 0.25) is 0 Å². The van der Waals surface area contributed by atoms with E-state index in [-0.39, 0.29) is 23.7 Å². The van der Waals surface area contributed by atoms with Crippen LogP contribution in [0.5, 0.6) is 0 Å². The fourth-order valence-corrected chi connectivity index (χ4v) is 3.17. The van der Waals surface area contributed by atoms with E-state index in [1.165, 1.54) is 20.0 Å².